The number of carbonyl (C=O) groups excluding carboxylic acids is 2. The van der Waals surface area contributed by atoms with E-state index in [1.165, 1.54) is 0 Å². The van der Waals surface area contributed by atoms with E-state index in [1.54, 1.807) is 12.1 Å². The Balaban J connectivity index is 1.35. The average Bonchev–Trinajstić information content (AvgIpc) is 2.88. The van der Waals surface area contributed by atoms with Gasteiger partial charge in [0, 0.05) is 54.1 Å². The van der Waals surface area contributed by atoms with Crippen molar-refractivity contribution in [3.05, 3.63) is 95.1 Å². The van der Waals surface area contributed by atoms with E-state index < -0.39 is 0 Å². The van der Waals surface area contributed by atoms with Gasteiger partial charge < -0.3 is 15.0 Å². The first kappa shape index (κ1) is 22.7. The molecule has 3 aromatic carbocycles. The van der Waals surface area contributed by atoms with Gasteiger partial charge in [-0.2, -0.15) is 0 Å². The van der Waals surface area contributed by atoms with Gasteiger partial charge in [-0.1, -0.05) is 31.2 Å². The molecule has 3 aromatic rings. The number of morpholine rings is 1. The third-order valence-electron chi connectivity index (χ3n) is 5.87. The van der Waals surface area contributed by atoms with Crippen LogP contribution >= 0.6 is 0 Å². The van der Waals surface area contributed by atoms with Crippen LogP contribution in [0.2, 0.25) is 0 Å². The van der Waals surface area contributed by atoms with Gasteiger partial charge in [0.25, 0.3) is 0 Å². The number of Topliss-reactive ketones (excluding diaryl/α,β-unsaturated/α-hetero) is 1. The molecular formula is C28H30N2O3. The van der Waals surface area contributed by atoms with Crippen LogP contribution in [0.5, 0.6) is 0 Å². The molecule has 1 heterocycles. The highest BCUT2D eigenvalue weighted by atomic mass is 16.5. The number of benzene rings is 3. The second-order valence-electron chi connectivity index (χ2n) is 8.28. The lowest BCUT2D eigenvalue weighted by molar-refractivity contribution is 0.0992. The molecule has 1 aliphatic rings. The highest BCUT2D eigenvalue weighted by Crippen LogP contribution is 2.19. The quantitative estimate of drug-likeness (QED) is 0.473. The third kappa shape index (κ3) is 5.88. The lowest BCUT2D eigenvalue weighted by atomic mass is 9.98. The van der Waals surface area contributed by atoms with E-state index in [-0.39, 0.29) is 11.6 Å². The Hall–Kier alpha value is -3.44. The molecular weight excluding hydrogens is 412 g/mol. The monoisotopic (exact) mass is 442 g/mol. The Labute approximate surface area is 195 Å². The normalized spacial score (nSPS) is 13.5. The molecule has 1 aliphatic heterocycles. The van der Waals surface area contributed by atoms with Crippen LogP contribution in [0.15, 0.2) is 72.8 Å². The van der Waals surface area contributed by atoms with Gasteiger partial charge in [0.05, 0.1) is 13.2 Å². The van der Waals surface area contributed by atoms with Crippen molar-refractivity contribution < 1.29 is 14.3 Å². The largest absolute Gasteiger partial charge is 0.385 e. The zero-order valence-corrected chi connectivity index (χ0v) is 19.0. The van der Waals surface area contributed by atoms with Crippen LogP contribution in [0.3, 0.4) is 0 Å². The molecule has 5 nitrogen and oxygen atoms in total. The first-order valence-corrected chi connectivity index (χ1v) is 11.6. The van der Waals surface area contributed by atoms with Gasteiger partial charge in [-0.3, -0.25) is 9.59 Å². The molecule has 0 unspecified atom stereocenters. The second kappa shape index (κ2) is 10.9. The maximum absolute atomic E-state index is 12.8. The summed E-state index contributed by atoms with van der Waals surface area (Å²) in [7, 11) is 0. The van der Waals surface area contributed by atoms with Crippen molar-refractivity contribution in [2.24, 2.45) is 0 Å². The van der Waals surface area contributed by atoms with Crippen LogP contribution < -0.4 is 10.2 Å². The summed E-state index contributed by atoms with van der Waals surface area (Å²) in [5.74, 6) is 0.0476. The zero-order chi connectivity index (χ0) is 23.0. The van der Waals surface area contributed by atoms with E-state index >= 15 is 0 Å². The Morgan fingerprint density at radius 2 is 1.39 bits per heavy atom. The fourth-order valence-corrected chi connectivity index (χ4v) is 3.92. The molecule has 0 aliphatic carbocycles. The molecule has 4 rings (SSSR count). The van der Waals surface area contributed by atoms with Gasteiger partial charge in [0.15, 0.2) is 11.6 Å². The molecule has 0 radical (unpaired) electrons. The lowest BCUT2D eigenvalue weighted by Crippen LogP contribution is -2.36. The van der Waals surface area contributed by atoms with Gasteiger partial charge >= 0.3 is 0 Å². The van der Waals surface area contributed by atoms with Crippen LogP contribution in [-0.4, -0.2) is 44.4 Å². The Morgan fingerprint density at radius 3 is 2.00 bits per heavy atom. The number of hydrogen-bond acceptors (Lipinski definition) is 5. The van der Waals surface area contributed by atoms with E-state index in [9.17, 15) is 9.59 Å². The number of rotatable bonds is 9. The fourth-order valence-electron chi connectivity index (χ4n) is 3.92. The van der Waals surface area contributed by atoms with Gasteiger partial charge in [0.2, 0.25) is 0 Å². The molecule has 5 heteroatoms. The van der Waals surface area contributed by atoms with Crippen molar-refractivity contribution in [1.29, 1.82) is 0 Å². The topological polar surface area (TPSA) is 58.6 Å². The lowest BCUT2D eigenvalue weighted by Gasteiger charge is -2.28. The van der Waals surface area contributed by atoms with Crippen LogP contribution in [0.4, 0.5) is 11.4 Å². The van der Waals surface area contributed by atoms with Crippen molar-refractivity contribution in [2.75, 3.05) is 43.1 Å². The average molecular weight is 443 g/mol. The molecule has 0 atom stereocenters. The summed E-state index contributed by atoms with van der Waals surface area (Å²) in [6.07, 6.45) is 1.36. The van der Waals surface area contributed by atoms with E-state index in [4.69, 9.17) is 4.74 Å². The van der Waals surface area contributed by atoms with Crippen molar-refractivity contribution in [2.45, 2.75) is 19.8 Å². The molecule has 33 heavy (non-hydrogen) atoms. The maximum Gasteiger partial charge on any atom is 0.193 e. The molecule has 1 fully saturated rings. The summed E-state index contributed by atoms with van der Waals surface area (Å²) < 4.78 is 5.40. The molecule has 1 saturated heterocycles. The summed E-state index contributed by atoms with van der Waals surface area (Å²) in [5.41, 5.74) is 5.00. The predicted molar refractivity (Wildman–Crippen MR) is 133 cm³/mol. The van der Waals surface area contributed by atoms with Gasteiger partial charge in [0.1, 0.15) is 0 Å². The minimum absolute atomic E-state index is 0.0198. The standard InChI is InChI=1S/C28H30N2O3/c1-2-15-29-25-11-7-24(8-12-25)28(32)23-5-3-21(4-6-23)20-27(31)22-9-13-26(14-10-22)30-16-18-33-19-17-30/h3-14,29H,2,15-20H2,1H3. The Bertz CT molecular complexity index is 1070. The fraction of sp³-hybridized carbons (Fsp3) is 0.286. The number of nitrogens with one attached hydrogen (secondary N) is 1. The van der Waals surface area contributed by atoms with Crippen molar-refractivity contribution >= 4 is 22.9 Å². The number of nitrogens with zero attached hydrogens (tertiary/aromatic N) is 1. The molecule has 0 bridgehead atoms. The molecule has 170 valence electrons. The molecule has 0 amide bonds. The van der Waals surface area contributed by atoms with Crippen LogP contribution in [0.1, 0.15) is 45.2 Å². The summed E-state index contributed by atoms with van der Waals surface area (Å²) in [6.45, 7) is 6.24. The summed E-state index contributed by atoms with van der Waals surface area (Å²) in [4.78, 5) is 27.8. The number of anilines is 2. The SMILES string of the molecule is CCCNc1ccc(C(=O)c2ccc(CC(=O)c3ccc(N4CCOCC4)cc3)cc2)cc1. The van der Waals surface area contributed by atoms with Gasteiger partial charge in [-0.05, 0) is 60.5 Å². The molecule has 0 spiro atoms. The number of ether oxygens (including phenoxy) is 1. The Morgan fingerprint density at radius 1 is 0.818 bits per heavy atom. The van der Waals surface area contributed by atoms with Crippen molar-refractivity contribution in [3.63, 3.8) is 0 Å². The summed E-state index contributed by atoms with van der Waals surface area (Å²) in [5, 5.41) is 3.31. The minimum Gasteiger partial charge on any atom is -0.385 e. The number of carbonyl (C=O) groups is 2. The zero-order valence-electron chi connectivity index (χ0n) is 19.0. The molecule has 1 N–H and O–H groups in total. The van der Waals surface area contributed by atoms with E-state index in [0.29, 0.717) is 23.1 Å². The van der Waals surface area contributed by atoms with Crippen molar-refractivity contribution in [1.82, 2.24) is 0 Å². The third-order valence-corrected chi connectivity index (χ3v) is 5.87. The predicted octanol–water partition coefficient (Wildman–Crippen LogP) is 5.00. The molecule has 0 aromatic heterocycles. The number of hydrogen-bond donors (Lipinski definition) is 1. The highest BCUT2D eigenvalue weighted by molar-refractivity contribution is 6.09. The van der Waals surface area contributed by atoms with E-state index in [2.05, 4.69) is 17.1 Å². The first-order valence-electron chi connectivity index (χ1n) is 11.6. The smallest absolute Gasteiger partial charge is 0.193 e. The number of ketones is 2. The van der Waals surface area contributed by atoms with Crippen LogP contribution in [0, 0.1) is 0 Å². The highest BCUT2D eigenvalue weighted by Gasteiger charge is 2.14. The van der Waals surface area contributed by atoms with Crippen LogP contribution in [-0.2, 0) is 11.2 Å². The van der Waals surface area contributed by atoms with Crippen LogP contribution in [0.25, 0.3) is 0 Å². The van der Waals surface area contributed by atoms with Crippen molar-refractivity contribution in [3.8, 4) is 0 Å². The minimum atomic E-state index is -0.0198. The molecule has 0 saturated carbocycles. The summed E-state index contributed by atoms with van der Waals surface area (Å²) in [6, 6.07) is 22.7. The van der Waals surface area contributed by atoms with Gasteiger partial charge in [-0.15, -0.1) is 0 Å². The maximum atomic E-state index is 12.8. The summed E-state index contributed by atoms with van der Waals surface area (Å²) >= 11 is 0. The first-order chi connectivity index (χ1) is 16.1. The van der Waals surface area contributed by atoms with Gasteiger partial charge in [-0.25, -0.2) is 0 Å². The second-order valence-corrected chi connectivity index (χ2v) is 8.28. The Kier molecular flexibility index (Phi) is 7.53. The van der Waals surface area contributed by atoms with E-state index in [1.807, 2.05) is 60.7 Å². The van der Waals surface area contributed by atoms with E-state index in [0.717, 1.165) is 56.2 Å².